The minimum atomic E-state index is -0.537. The number of benzene rings is 1. The van der Waals surface area contributed by atoms with Crippen molar-refractivity contribution < 1.29 is 14.7 Å². The van der Waals surface area contributed by atoms with Crippen LogP contribution in [0.2, 0.25) is 0 Å². The van der Waals surface area contributed by atoms with E-state index >= 15 is 0 Å². The van der Waals surface area contributed by atoms with Gasteiger partial charge in [-0.05, 0) is 17.9 Å². The van der Waals surface area contributed by atoms with Crippen molar-refractivity contribution in [2.24, 2.45) is 11.1 Å². The molecule has 1 N–H and O–H groups in total. The lowest BCUT2D eigenvalue weighted by Crippen LogP contribution is -2.17. The zero-order chi connectivity index (χ0) is 15.5. The molecule has 0 amide bonds. The number of oxime groups is 1. The summed E-state index contributed by atoms with van der Waals surface area (Å²) in [6.45, 7) is 4.59. The molecule has 1 aromatic rings. The van der Waals surface area contributed by atoms with Crippen molar-refractivity contribution in [3.8, 4) is 0 Å². The minimum Gasteiger partial charge on any atom is -0.456 e. The van der Waals surface area contributed by atoms with Crippen LogP contribution >= 0.6 is 0 Å². The van der Waals surface area contributed by atoms with Crippen LogP contribution in [0.3, 0.4) is 0 Å². The smallest absolute Gasteiger partial charge is 0.356 e. The van der Waals surface area contributed by atoms with Crippen molar-refractivity contribution in [2.75, 3.05) is 0 Å². The number of carbonyl (C=O) groups excluding carboxylic acids is 1. The van der Waals surface area contributed by atoms with Crippen molar-refractivity contribution in [1.82, 2.24) is 0 Å². The molecule has 0 aromatic heterocycles. The Morgan fingerprint density at radius 1 is 1.19 bits per heavy atom. The summed E-state index contributed by atoms with van der Waals surface area (Å²) in [6, 6.07) is 9.45. The highest BCUT2D eigenvalue weighted by Gasteiger charge is 2.13. The van der Waals surface area contributed by atoms with Crippen LogP contribution in [0.4, 0.5) is 0 Å². The van der Waals surface area contributed by atoms with Crippen molar-refractivity contribution in [1.29, 1.82) is 0 Å². The lowest BCUT2D eigenvalue weighted by atomic mass is 10.0. The van der Waals surface area contributed by atoms with E-state index in [1.54, 1.807) is 0 Å². The summed E-state index contributed by atoms with van der Waals surface area (Å²) in [5, 5.41) is 12.0. The maximum Gasteiger partial charge on any atom is 0.356 e. The molecule has 0 atom stereocenters. The number of carbonyl (C=O) groups is 1. The normalized spacial score (nSPS) is 11.7. The van der Waals surface area contributed by atoms with Crippen molar-refractivity contribution in [3.63, 3.8) is 0 Å². The van der Waals surface area contributed by atoms with E-state index in [-0.39, 0.29) is 12.3 Å². The molecule has 4 nitrogen and oxygen atoms in total. The highest BCUT2D eigenvalue weighted by atomic mass is 16.5. The van der Waals surface area contributed by atoms with Crippen LogP contribution < -0.4 is 0 Å². The van der Waals surface area contributed by atoms with E-state index in [9.17, 15) is 4.79 Å². The maximum absolute atomic E-state index is 11.8. The number of rotatable bonds is 9. The molecule has 0 heterocycles. The third kappa shape index (κ3) is 7.49. The Hall–Kier alpha value is -1.84. The summed E-state index contributed by atoms with van der Waals surface area (Å²) in [4.78, 5) is 11.8. The fourth-order valence-corrected chi connectivity index (χ4v) is 2.02. The monoisotopic (exact) mass is 291 g/mol. The molecule has 0 aliphatic carbocycles. The number of hydrogen-bond donors (Lipinski definition) is 1. The van der Waals surface area contributed by atoms with Crippen molar-refractivity contribution in [3.05, 3.63) is 35.9 Å². The topological polar surface area (TPSA) is 58.9 Å². The molecule has 0 unspecified atom stereocenters. The first-order valence-electron chi connectivity index (χ1n) is 7.55. The van der Waals surface area contributed by atoms with Gasteiger partial charge in [-0.2, -0.15) is 0 Å². The van der Waals surface area contributed by atoms with Gasteiger partial charge in [-0.15, -0.1) is 0 Å². The van der Waals surface area contributed by atoms with E-state index in [0.717, 1.165) is 24.8 Å². The van der Waals surface area contributed by atoms with E-state index in [4.69, 9.17) is 9.94 Å². The van der Waals surface area contributed by atoms with E-state index in [0.29, 0.717) is 12.3 Å². The molecule has 0 spiro atoms. The number of esters is 1. The van der Waals surface area contributed by atoms with Crippen molar-refractivity contribution in [2.45, 2.75) is 52.6 Å². The van der Waals surface area contributed by atoms with Crippen LogP contribution in [0.5, 0.6) is 0 Å². The van der Waals surface area contributed by atoms with Gasteiger partial charge in [0.15, 0.2) is 5.71 Å². The van der Waals surface area contributed by atoms with E-state index in [1.807, 2.05) is 30.3 Å². The van der Waals surface area contributed by atoms with Crippen LogP contribution in [-0.2, 0) is 16.1 Å². The Labute approximate surface area is 126 Å². The van der Waals surface area contributed by atoms with Gasteiger partial charge in [0.05, 0.1) is 0 Å². The summed E-state index contributed by atoms with van der Waals surface area (Å²) in [5.74, 6) is 0.164. The molecule has 4 heteroatoms. The third-order valence-corrected chi connectivity index (χ3v) is 3.26. The van der Waals surface area contributed by atoms with Gasteiger partial charge in [0.2, 0.25) is 0 Å². The molecular weight excluding hydrogens is 266 g/mol. The summed E-state index contributed by atoms with van der Waals surface area (Å²) < 4.78 is 5.15. The first-order valence-corrected chi connectivity index (χ1v) is 7.55. The summed E-state index contributed by atoms with van der Waals surface area (Å²) in [7, 11) is 0. The van der Waals surface area contributed by atoms with Gasteiger partial charge in [0.1, 0.15) is 6.61 Å². The third-order valence-electron chi connectivity index (χ3n) is 3.26. The molecule has 0 saturated carbocycles. The second-order valence-corrected chi connectivity index (χ2v) is 5.60. The predicted octanol–water partition coefficient (Wildman–Crippen LogP) is 4.17. The molecule has 1 aromatic carbocycles. The molecule has 0 aliphatic rings. The Balaban J connectivity index is 2.27. The summed E-state index contributed by atoms with van der Waals surface area (Å²) in [5.41, 5.74) is 1.02. The second-order valence-electron chi connectivity index (χ2n) is 5.60. The highest BCUT2D eigenvalue weighted by Crippen LogP contribution is 2.10. The van der Waals surface area contributed by atoms with Crippen LogP contribution in [-0.4, -0.2) is 16.9 Å². The van der Waals surface area contributed by atoms with E-state index in [1.165, 1.54) is 6.42 Å². The van der Waals surface area contributed by atoms with Gasteiger partial charge < -0.3 is 9.94 Å². The highest BCUT2D eigenvalue weighted by molar-refractivity contribution is 6.36. The number of ether oxygens (including phenoxy) is 1. The van der Waals surface area contributed by atoms with E-state index < -0.39 is 5.97 Å². The molecule has 0 aliphatic heterocycles. The average Bonchev–Trinajstić information content (AvgIpc) is 2.49. The first-order chi connectivity index (χ1) is 10.1. The lowest BCUT2D eigenvalue weighted by Gasteiger charge is -2.07. The lowest BCUT2D eigenvalue weighted by molar-refractivity contribution is -0.137. The first kappa shape index (κ1) is 17.2. The molecule has 21 heavy (non-hydrogen) atoms. The second kappa shape index (κ2) is 9.97. The molecule has 0 saturated heterocycles. The Morgan fingerprint density at radius 2 is 1.90 bits per heavy atom. The van der Waals surface area contributed by atoms with Gasteiger partial charge >= 0.3 is 5.97 Å². The zero-order valence-corrected chi connectivity index (χ0v) is 12.9. The van der Waals surface area contributed by atoms with Crippen LogP contribution in [0.1, 0.15) is 51.5 Å². The Kier molecular flexibility index (Phi) is 8.17. The van der Waals surface area contributed by atoms with Crippen LogP contribution in [0, 0.1) is 5.92 Å². The quantitative estimate of drug-likeness (QED) is 0.244. The molecule has 0 bridgehead atoms. The number of unbranched alkanes of at least 4 members (excludes halogenated alkanes) is 2. The van der Waals surface area contributed by atoms with Gasteiger partial charge in [0, 0.05) is 6.42 Å². The molecular formula is C17H25NO3. The zero-order valence-electron chi connectivity index (χ0n) is 12.9. The molecule has 0 fully saturated rings. The Morgan fingerprint density at radius 3 is 2.52 bits per heavy atom. The SMILES string of the molecule is CC(C)CCCCCC(=NO)C(=O)OCc1ccccc1. The van der Waals surface area contributed by atoms with Gasteiger partial charge in [-0.3, -0.25) is 0 Å². The fraction of sp³-hybridized carbons (Fsp3) is 0.529. The van der Waals surface area contributed by atoms with Crippen LogP contribution in [0.25, 0.3) is 0 Å². The molecule has 0 radical (unpaired) electrons. The number of hydrogen-bond acceptors (Lipinski definition) is 4. The van der Waals surface area contributed by atoms with Gasteiger partial charge in [-0.25, -0.2) is 4.79 Å². The molecule has 116 valence electrons. The van der Waals surface area contributed by atoms with Gasteiger partial charge in [-0.1, -0.05) is 68.6 Å². The summed E-state index contributed by atoms with van der Waals surface area (Å²) >= 11 is 0. The largest absolute Gasteiger partial charge is 0.456 e. The number of nitrogens with zero attached hydrogens (tertiary/aromatic N) is 1. The predicted molar refractivity (Wildman–Crippen MR) is 83.4 cm³/mol. The minimum absolute atomic E-state index is 0.107. The fourth-order valence-electron chi connectivity index (χ4n) is 2.02. The van der Waals surface area contributed by atoms with Crippen LogP contribution in [0.15, 0.2) is 35.5 Å². The van der Waals surface area contributed by atoms with E-state index in [2.05, 4.69) is 19.0 Å². The van der Waals surface area contributed by atoms with Crippen molar-refractivity contribution >= 4 is 11.7 Å². The average molecular weight is 291 g/mol. The molecule has 1 rings (SSSR count). The maximum atomic E-state index is 11.8. The van der Waals surface area contributed by atoms with Gasteiger partial charge in [0.25, 0.3) is 0 Å². The standard InChI is InChI=1S/C17H25NO3/c1-14(2)9-5-3-8-12-16(18-20)17(19)21-13-15-10-6-4-7-11-15/h4,6-7,10-11,14,20H,3,5,8-9,12-13H2,1-2H3. The summed E-state index contributed by atoms with van der Waals surface area (Å²) in [6.07, 6.45) is 4.65. The Bertz CT molecular complexity index is 441.